The molecule has 0 aromatic carbocycles. The normalized spacial score (nSPS) is 42.7. The molecule has 1 saturated heterocycles. The van der Waals surface area contributed by atoms with Gasteiger partial charge in [0.25, 0.3) is 0 Å². The SMILES string of the molecule is O=C(O)C1CCN(C23CC(C2)C3)CC1. The molecule has 0 unspecified atom stereocenters. The lowest BCUT2D eigenvalue weighted by molar-refractivity contribution is -0.161. The summed E-state index contributed by atoms with van der Waals surface area (Å²) in [4.78, 5) is 13.3. The zero-order valence-corrected chi connectivity index (χ0v) is 8.41. The van der Waals surface area contributed by atoms with Gasteiger partial charge in [-0.25, -0.2) is 0 Å². The van der Waals surface area contributed by atoms with E-state index in [0.29, 0.717) is 5.54 Å². The highest BCUT2D eigenvalue weighted by molar-refractivity contribution is 5.70. The summed E-state index contributed by atoms with van der Waals surface area (Å²) in [5.74, 6) is 0.355. The quantitative estimate of drug-likeness (QED) is 0.722. The van der Waals surface area contributed by atoms with E-state index in [-0.39, 0.29) is 5.92 Å². The summed E-state index contributed by atoms with van der Waals surface area (Å²) in [6.07, 6.45) is 5.91. The number of carbonyl (C=O) groups is 1. The minimum absolute atomic E-state index is 0.0707. The standard InChI is InChI=1S/C11H17NO2/c13-10(14)9-1-3-12(4-2-9)11-5-8(6-11)7-11/h8-9H,1-7H2,(H,13,14). The Morgan fingerprint density at radius 3 is 2.14 bits per heavy atom. The maximum absolute atomic E-state index is 10.8. The van der Waals surface area contributed by atoms with Crippen LogP contribution in [0.4, 0.5) is 0 Å². The fraction of sp³-hybridized carbons (Fsp3) is 0.909. The zero-order chi connectivity index (χ0) is 9.76. The van der Waals surface area contributed by atoms with Crippen LogP contribution in [0.15, 0.2) is 0 Å². The van der Waals surface area contributed by atoms with E-state index in [0.717, 1.165) is 31.8 Å². The fourth-order valence-electron chi connectivity index (χ4n) is 3.42. The van der Waals surface area contributed by atoms with E-state index in [1.54, 1.807) is 0 Å². The van der Waals surface area contributed by atoms with Gasteiger partial charge in [-0.15, -0.1) is 0 Å². The van der Waals surface area contributed by atoms with Crippen LogP contribution in [0.1, 0.15) is 32.1 Å². The molecule has 0 aromatic heterocycles. The molecule has 3 saturated carbocycles. The smallest absolute Gasteiger partial charge is 0.306 e. The molecule has 0 radical (unpaired) electrons. The fourth-order valence-corrected chi connectivity index (χ4v) is 3.42. The lowest BCUT2D eigenvalue weighted by Crippen LogP contribution is -2.69. The summed E-state index contributed by atoms with van der Waals surface area (Å²) in [5, 5.41) is 8.89. The molecule has 1 N–H and O–H groups in total. The molecule has 4 fully saturated rings. The van der Waals surface area contributed by atoms with Crippen LogP contribution in [0.25, 0.3) is 0 Å². The van der Waals surface area contributed by atoms with Gasteiger partial charge in [0, 0.05) is 5.54 Å². The molecular formula is C11H17NO2. The number of hydrogen-bond acceptors (Lipinski definition) is 2. The van der Waals surface area contributed by atoms with E-state index in [1.807, 2.05) is 0 Å². The zero-order valence-electron chi connectivity index (χ0n) is 8.41. The second kappa shape index (κ2) is 2.72. The Kier molecular flexibility index (Phi) is 1.69. The molecule has 2 bridgehead atoms. The van der Waals surface area contributed by atoms with Crippen LogP contribution >= 0.6 is 0 Å². The van der Waals surface area contributed by atoms with Gasteiger partial charge >= 0.3 is 5.97 Å². The Morgan fingerprint density at radius 1 is 1.21 bits per heavy atom. The van der Waals surface area contributed by atoms with Crippen molar-refractivity contribution in [2.24, 2.45) is 11.8 Å². The molecule has 1 heterocycles. The van der Waals surface area contributed by atoms with Crippen molar-refractivity contribution in [2.45, 2.75) is 37.6 Å². The lowest BCUT2D eigenvalue weighted by Gasteiger charge is -2.67. The molecule has 0 aromatic rings. The second-order valence-corrected chi connectivity index (χ2v) is 5.30. The molecule has 0 spiro atoms. The van der Waals surface area contributed by atoms with Crippen LogP contribution in [0.3, 0.4) is 0 Å². The Bertz CT molecular complexity index is 251. The molecule has 0 amide bonds. The maximum atomic E-state index is 10.8. The highest BCUT2D eigenvalue weighted by Gasteiger charge is 2.59. The molecular weight excluding hydrogens is 178 g/mol. The van der Waals surface area contributed by atoms with Gasteiger partial charge in [0.15, 0.2) is 0 Å². The minimum Gasteiger partial charge on any atom is -0.481 e. The van der Waals surface area contributed by atoms with Crippen LogP contribution in [0.5, 0.6) is 0 Å². The summed E-state index contributed by atoms with van der Waals surface area (Å²) in [6.45, 7) is 2.04. The number of carboxylic acid groups (broad SMARTS) is 1. The molecule has 14 heavy (non-hydrogen) atoms. The monoisotopic (exact) mass is 195 g/mol. The van der Waals surface area contributed by atoms with Crippen LogP contribution < -0.4 is 0 Å². The average Bonchev–Trinajstić information content (AvgIpc) is 1.99. The summed E-state index contributed by atoms with van der Waals surface area (Å²) < 4.78 is 0. The van der Waals surface area contributed by atoms with Gasteiger partial charge in [-0.1, -0.05) is 0 Å². The summed E-state index contributed by atoms with van der Waals surface area (Å²) in [6, 6.07) is 0. The van der Waals surface area contributed by atoms with Crippen molar-refractivity contribution in [1.82, 2.24) is 4.90 Å². The molecule has 4 aliphatic rings. The molecule has 4 rings (SSSR count). The average molecular weight is 195 g/mol. The van der Waals surface area contributed by atoms with Gasteiger partial charge in [0.1, 0.15) is 0 Å². The summed E-state index contributed by atoms with van der Waals surface area (Å²) in [5.41, 5.74) is 0.550. The topological polar surface area (TPSA) is 40.5 Å². The van der Waals surface area contributed by atoms with Crippen LogP contribution in [-0.4, -0.2) is 34.6 Å². The molecule has 3 nitrogen and oxygen atoms in total. The molecule has 0 atom stereocenters. The third-order valence-corrected chi connectivity index (χ3v) is 4.52. The highest BCUT2D eigenvalue weighted by Crippen LogP contribution is 2.61. The first-order valence-corrected chi connectivity index (χ1v) is 5.67. The number of aliphatic carboxylic acids is 1. The van der Waals surface area contributed by atoms with Crippen molar-refractivity contribution in [2.75, 3.05) is 13.1 Å². The van der Waals surface area contributed by atoms with Crippen molar-refractivity contribution in [3.63, 3.8) is 0 Å². The van der Waals surface area contributed by atoms with Crippen LogP contribution in [-0.2, 0) is 4.79 Å². The van der Waals surface area contributed by atoms with E-state index in [9.17, 15) is 4.79 Å². The summed E-state index contributed by atoms with van der Waals surface area (Å²) in [7, 11) is 0. The minimum atomic E-state index is -0.595. The molecule has 78 valence electrons. The van der Waals surface area contributed by atoms with E-state index in [1.165, 1.54) is 19.3 Å². The Balaban J connectivity index is 1.58. The van der Waals surface area contributed by atoms with Gasteiger partial charge in [0.05, 0.1) is 5.92 Å². The van der Waals surface area contributed by atoms with Gasteiger partial charge in [-0.2, -0.15) is 0 Å². The Labute approximate surface area is 84.1 Å². The van der Waals surface area contributed by atoms with Gasteiger partial charge in [0.2, 0.25) is 0 Å². The van der Waals surface area contributed by atoms with Crippen LogP contribution in [0.2, 0.25) is 0 Å². The molecule has 1 aliphatic heterocycles. The maximum Gasteiger partial charge on any atom is 0.306 e. The predicted octanol–water partition coefficient (Wildman–Crippen LogP) is 1.34. The van der Waals surface area contributed by atoms with Crippen molar-refractivity contribution in [3.8, 4) is 0 Å². The Morgan fingerprint density at radius 2 is 1.79 bits per heavy atom. The number of piperidine rings is 1. The first-order valence-electron chi connectivity index (χ1n) is 5.67. The second-order valence-electron chi connectivity index (χ2n) is 5.30. The predicted molar refractivity (Wildman–Crippen MR) is 52.0 cm³/mol. The third-order valence-electron chi connectivity index (χ3n) is 4.52. The molecule has 3 aliphatic carbocycles. The van der Waals surface area contributed by atoms with Crippen molar-refractivity contribution >= 4 is 5.97 Å². The first-order chi connectivity index (χ1) is 6.70. The lowest BCUT2D eigenvalue weighted by atomic mass is 9.49. The van der Waals surface area contributed by atoms with E-state index >= 15 is 0 Å². The van der Waals surface area contributed by atoms with Crippen molar-refractivity contribution in [1.29, 1.82) is 0 Å². The number of likely N-dealkylation sites (tertiary alicyclic amines) is 1. The largest absolute Gasteiger partial charge is 0.481 e. The number of nitrogens with zero attached hydrogens (tertiary/aromatic N) is 1. The number of carboxylic acids is 1. The van der Waals surface area contributed by atoms with Gasteiger partial charge < -0.3 is 5.11 Å². The van der Waals surface area contributed by atoms with Gasteiger partial charge in [-0.05, 0) is 51.1 Å². The number of hydrogen-bond donors (Lipinski definition) is 1. The Hall–Kier alpha value is -0.570. The molecule has 3 heteroatoms. The number of rotatable bonds is 2. The summed E-state index contributed by atoms with van der Waals surface area (Å²) >= 11 is 0. The van der Waals surface area contributed by atoms with E-state index in [2.05, 4.69) is 4.90 Å². The third kappa shape index (κ3) is 1.05. The van der Waals surface area contributed by atoms with E-state index < -0.39 is 5.97 Å². The van der Waals surface area contributed by atoms with Crippen LogP contribution in [0, 0.1) is 11.8 Å². The first kappa shape index (κ1) is 8.72. The highest BCUT2D eigenvalue weighted by atomic mass is 16.4. The van der Waals surface area contributed by atoms with Gasteiger partial charge in [-0.3, -0.25) is 9.69 Å². The van der Waals surface area contributed by atoms with E-state index in [4.69, 9.17) is 5.11 Å². The van der Waals surface area contributed by atoms with Crippen molar-refractivity contribution in [3.05, 3.63) is 0 Å². The van der Waals surface area contributed by atoms with Crippen molar-refractivity contribution < 1.29 is 9.90 Å².